The number of rotatable bonds is 2. The Morgan fingerprint density at radius 3 is 2.17 bits per heavy atom. The first-order valence-corrected chi connectivity index (χ1v) is 6.09. The van der Waals surface area contributed by atoms with Gasteiger partial charge in [0.05, 0.1) is 21.8 Å². The minimum absolute atomic E-state index is 0.0365. The molecule has 3 N–H and O–H groups in total. The molecule has 0 radical (unpaired) electrons. The second-order valence-electron chi connectivity index (χ2n) is 5.08. The van der Waals surface area contributed by atoms with Gasteiger partial charge in [-0.3, -0.25) is 4.79 Å². The lowest BCUT2D eigenvalue weighted by Crippen LogP contribution is -2.45. The van der Waals surface area contributed by atoms with Gasteiger partial charge in [-0.05, 0) is 17.5 Å². The summed E-state index contributed by atoms with van der Waals surface area (Å²) in [5.41, 5.74) is 5.57. The fraction of sp³-hybridized carbons (Fsp3) is 0.417. The molecule has 1 amide bonds. The zero-order chi connectivity index (χ0) is 14.1. The van der Waals surface area contributed by atoms with Gasteiger partial charge in [-0.25, -0.2) is 4.39 Å². The number of hydrogen-bond donors (Lipinski definition) is 2. The molecule has 0 aliphatic heterocycles. The van der Waals surface area contributed by atoms with Crippen molar-refractivity contribution >= 4 is 34.8 Å². The molecule has 1 aromatic rings. The Bertz CT molecular complexity index is 449. The average molecular weight is 293 g/mol. The number of carbonyl (C=O) groups excluding carboxylic acids is 1. The Hall–Kier alpha value is -0.840. The molecule has 0 aliphatic carbocycles. The minimum Gasteiger partial charge on any atom is -0.322 e. The van der Waals surface area contributed by atoms with Crippen LogP contribution >= 0.6 is 23.2 Å². The molecule has 1 atom stereocenters. The third-order valence-corrected chi connectivity index (χ3v) is 3.07. The molecule has 0 heterocycles. The molecule has 0 aromatic heterocycles. The van der Waals surface area contributed by atoms with Crippen molar-refractivity contribution in [1.29, 1.82) is 0 Å². The van der Waals surface area contributed by atoms with Crippen molar-refractivity contribution < 1.29 is 9.18 Å². The van der Waals surface area contributed by atoms with Crippen LogP contribution in [0.15, 0.2) is 12.1 Å². The van der Waals surface area contributed by atoms with Crippen molar-refractivity contribution in [3.05, 3.63) is 28.0 Å². The summed E-state index contributed by atoms with van der Waals surface area (Å²) in [6.07, 6.45) is 0. The highest BCUT2D eigenvalue weighted by Gasteiger charge is 2.28. The summed E-state index contributed by atoms with van der Waals surface area (Å²) >= 11 is 11.6. The zero-order valence-electron chi connectivity index (χ0n) is 10.4. The number of anilines is 1. The van der Waals surface area contributed by atoms with Crippen LogP contribution in [0.25, 0.3) is 0 Å². The van der Waals surface area contributed by atoms with Crippen molar-refractivity contribution in [2.75, 3.05) is 5.32 Å². The van der Waals surface area contributed by atoms with E-state index >= 15 is 0 Å². The number of halogens is 3. The first-order valence-electron chi connectivity index (χ1n) is 5.34. The molecule has 18 heavy (non-hydrogen) atoms. The largest absolute Gasteiger partial charge is 0.322 e. The lowest BCUT2D eigenvalue weighted by Gasteiger charge is -2.26. The van der Waals surface area contributed by atoms with E-state index in [0.29, 0.717) is 0 Å². The number of benzene rings is 1. The van der Waals surface area contributed by atoms with E-state index in [4.69, 9.17) is 28.9 Å². The molecule has 1 aromatic carbocycles. The van der Waals surface area contributed by atoms with E-state index in [1.54, 1.807) is 0 Å². The van der Waals surface area contributed by atoms with Gasteiger partial charge in [-0.1, -0.05) is 44.0 Å². The summed E-state index contributed by atoms with van der Waals surface area (Å²) in [7, 11) is 0. The number of nitrogens with one attached hydrogen (secondary N) is 1. The molecule has 0 aliphatic rings. The van der Waals surface area contributed by atoms with Crippen molar-refractivity contribution in [2.24, 2.45) is 11.1 Å². The van der Waals surface area contributed by atoms with Crippen LogP contribution in [0.3, 0.4) is 0 Å². The third kappa shape index (κ3) is 3.57. The van der Waals surface area contributed by atoms with E-state index < -0.39 is 23.2 Å². The van der Waals surface area contributed by atoms with E-state index in [2.05, 4.69) is 5.32 Å². The zero-order valence-corrected chi connectivity index (χ0v) is 11.9. The van der Waals surface area contributed by atoms with Crippen LogP contribution < -0.4 is 11.1 Å². The normalized spacial score (nSPS) is 13.3. The van der Waals surface area contributed by atoms with E-state index in [1.807, 2.05) is 20.8 Å². The first kappa shape index (κ1) is 15.2. The molecular weight excluding hydrogens is 278 g/mol. The Labute approximate surface area is 115 Å². The quantitative estimate of drug-likeness (QED) is 0.877. The Balaban J connectivity index is 2.96. The van der Waals surface area contributed by atoms with E-state index in [9.17, 15) is 9.18 Å². The minimum atomic E-state index is -0.727. The molecular formula is C12H15Cl2FN2O. The van der Waals surface area contributed by atoms with Gasteiger partial charge in [-0.2, -0.15) is 0 Å². The third-order valence-electron chi connectivity index (χ3n) is 2.47. The summed E-state index contributed by atoms with van der Waals surface area (Å²) in [6.45, 7) is 5.52. The first-order chi connectivity index (χ1) is 8.12. The van der Waals surface area contributed by atoms with E-state index in [-0.39, 0.29) is 15.7 Å². The van der Waals surface area contributed by atoms with Crippen LogP contribution in [-0.4, -0.2) is 11.9 Å². The number of amides is 1. The summed E-state index contributed by atoms with van der Waals surface area (Å²) < 4.78 is 13.0. The van der Waals surface area contributed by atoms with Gasteiger partial charge in [0.2, 0.25) is 5.91 Å². The van der Waals surface area contributed by atoms with Crippen LogP contribution in [-0.2, 0) is 4.79 Å². The van der Waals surface area contributed by atoms with Gasteiger partial charge in [0.1, 0.15) is 5.82 Å². The molecule has 1 rings (SSSR count). The Morgan fingerprint density at radius 2 is 1.78 bits per heavy atom. The maximum absolute atomic E-state index is 13.0. The molecule has 6 heteroatoms. The molecule has 0 bridgehead atoms. The summed E-state index contributed by atoms with van der Waals surface area (Å²) in [5.74, 6) is -0.985. The molecule has 0 saturated heterocycles. The van der Waals surface area contributed by atoms with Crippen LogP contribution in [0, 0.1) is 11.2 Å². The highest BCUT2D eigenvalue weighted by Crippen LogP contribution is 2.32. The molecule has 0 unspecified atom stereocenters. The summed E-state index contributed by atoms with van der Waals surface area (Å²) in [4.78, 5) is 11.9. The topological polar surface area (TPSA) is 55.1 Å². The molecule has 3 nitrogen and oxygen atoms in total. The van der Waals surface area contributed by atoms with Crippen molar-refractivity contribution in [3.63, 3.8) is 0 Å². The molecule has 0 spiro atoms. The standard InChI is InChI=1S/C12H15Cl2FN2O/c1-12(2,3)10(16)11(18)17-9-7(13)4-6(15)5-8(9)14/h4-5,10H,16H2,1-3H3,(H,17,18)/t10-/m0/s1. The van der Waals surface area contributed by atoms with Gasteiger partial charge >= 0.3 is 0 Å². The predicted molar refractivity (Wildman–Crippen MR) is 72.5 cm³/mol. The van der Waals surface area contributed by atoms with Crippen LogP contribution in [0.2, 0.25) is 10.0 Å². The number of hydrogen-bond acceptors (Lipinski definition) is 2. The monoisotopic (exact) mass is 292 g/mol. The number of nitrogens with two attached hydrogens (primary N) is 1. The average Bonchev–Trinajstić information content (AvgIpc) is 2.20. The van der Waals surface area contributed by atoms with Gasteiger partial charge in [-0.15, -0.1) is 0 Å². The van der Waals surface area contributed by atoms with Crippen molar-refractivity contribution in [3.8, 4) is 0 Å². The van der Waals surface area contributed by atoms with Gasteiger partial charge < -0.3 is 11.1 Å². The van der Waals surface area contributed by atoms with Crippen LogP contribution in [0.4, 0.5) is 10.1 Å². The lowest BCUT2D eigenvalue weighted by atomic mass is 9.87. The molecule has 0 fully saturated rings. The second-order valence-corrected chi connectivity index (χ2v) is 5.89. The highest BCUT2D eigenvalue weighted by molar-refractivity contribution is 6.39. The Morgan fingerprint density at radius 1 is 1.33 bits per heavy atom. The van der Waals surface area contributed by atoms with E-state index in [1.165, 1.54) is 0 Å². The maximum Gasteiger partial charge on any atom is 0.241 e. The molecule has 100 valence electrons. The summed E-state index contributed by atoms with van der Waals surface area (Å²) in [5, 5.41) is 2.59. The predicted octanol–water partition coefficient (Wildman–Crippen LogP) is 3.44. The van der Waals surface area contributed by atoms with Crippen molar-refractivity contribution in [2.45, 2.75) is 26.8 Å². The second kappa shape index (κ2) is 5.43. The van der Waals surface area contributed by atoms with Crippen LogP contribution in [0.1, 0.15) is 20.8 Å². The smallest absolute Gasteiger partial charge is 0.241 e. The van der Waals surface area contributed by atoms with Gasteiger partial charge in [0.25, 0.3) is 0 Å². The SMILES string of the molecule is CC(C)(C)[C@@H](N)C(=O)Nc1c(Cl)cc(F)cc1Cl. The number of carbonyl (C=O) groups is 1. The summed E-state index contributed by atoms with van der Waals surface area (Å²) in [6, 6.07) is 1.42. The Kier molecular flexibility index (Phi) is 4.59. The van der Waals surface area contributed by atoms with Crippen molar-refractivity contribution in [1.82, 2.24) is 0 Å². The van der Waals surface area contributed by atoms with Gasteiger partial charge in [0, 0.05) is 0 Å². The maximum atomic E-state index is 13.0. The highest BCUT2D eigenvalue weighted by atomic mass is 35.5. The lowest BCUT2D eigenvalue weighted by molar-refractivity contribution is -0.119. The fourth-order valence-electron chi connectivity index (χ4n) is 1.26. The fourth-order valence-corrected chi connectivity index (χ4v) is 1.81. The van der Waals surface area contributed by atoms with E-state index in [0.717, 1.165) is 12.1 Å². The van der Waals surface area contributed by atoms with Gasteiger partial charge in [0.15, 0.2) is 0 Å². The van der Waals surface area contributed by atoms with Crippen LogP contribution in [0.5, 0.6) is 0 Å². The molecule has 0 saturated carbocycles.